The average Bonchev–Trinajstić information content (AvgIpc) is 3.19. The highest BCUT2D eigenvalue weighted by Crippen LogP contribution is 2.38. The Balaban J connectivity index is 1.61. The Hall–Kier alpha value is -3.98. The lowest BCUT2D eigenvalue weighted by molar-refractivity contribution is -0.384. The minimum atomic E-state index is -0.539. The van der Waals surface area contributed by atoms with E-state index in [1.807, 2.05) is 38.1 Å². The summed E-state index contributed by atoms with van der Waals surface area (Å²) in [4.78, 5) is 27.4. The molecule has 1 heterocycles. The van der Waals surface area contributed by atoms with Gasteiger partial charge in [-0.15, -0.1) is 0 Å². The molecule has 1 aliphatic rings. The Morgan fingerprint density at radius 2 is 1.91 bits per heavy atom. The van der Waals surface area contributed by atoms with Gasteiger partial charge in [0.05, 0.1) is 16.0 Å². The zero-order valence-corrected chi connectivity index (χ0v) is 20.6. The minimum Gasteiger partial charge on any atom is -0.490 e. The highest BCUT2D eigenvalue weighted by molar-refractivity contribution is 9.10. The first kappa shape index (κ1) is 24.2. The van der Waals surface area contributed by atoms with E-state index in [2.05, 4.69) is 20.9 Å². The molecule has 0 fully saturated rings. The molecule has 3 aromatic rings. The van der Waals surface area contributed by atoms with Crippen molar-refractivity contribution in [3.63, 3.8) is 0 Å². The molecule has 1 aliphatic heterocycles. The van der Waals surface area contributed by atoms with Crippen LogP contribution in [-0.4, -0.2) is 23.4 Å². The van der Waals surface area contributed by atoms with Crippen LogP contribution >= 0.6 is 15.9 Å². The van der Waals surface area contributed by atoms with E-state index in [0.717, 1.165) is 11.1 Å². The van der Waals surface area contributed by atoms with Gasteiger partial charge in [0.1, 0.15) is 6.61 Å². The summed E-state index contributed by atoms with van der Waals surface area (Å²) in [6.45, 7) is 4.26. The Kier molecular flexibility index (Phi) is 7.26. The molecule has 0 saturated carbocycles. The van der Waals surface area contributed by atoms with Crippen molar-refractivity contribution in [3.05, 3.63) is 103 Å². The third kappa shape index (κ3) is 5.58. The van der Waals surface area contributed by atoms with E-state index in [1.165, 1.54) is 12.1 Å². The first-order valence-corrected chi connectivity index (χ1v) is 11.6. The summed E-state index contributed by atoms with van der Waals surface area (Å²) in [6, 6.07) is 17.3. The largest absolute Gasteiger partial charge is 0.490 e. The van der Waals surface area contributed by atoms with Crippen LogP contribution < -0.4 is 9.47 Å². The molecule has 0 saturated heterocycles. The molecule has 9 heteroatoms. The normalized spacial score (nSPS) is 14.0. The summed E-state index contributed by atoms with van der Waals surface area (Å²) >= 11 is 3.51. The van der Waals surface area contributed by atoms with Crippen molar-refractivity contribution < 1.29 is 23.9 Å². The lowest BCUT2D eigenvalue weighted by Crippen LogP contribution is -2.06. The van der Waals surface area contributed by atoms with Gasteiger partial charge in [-0.1, -0.05) is 30.3 Å². The lowest BCUT2D eigenvalue weighted by Gasteiger charge is -2.15. The van der Waals surface area contributed by atoms with Crippen LogP contribution in [0.5, 0.6) is 11.5 Å². The molecule has 3 aromatic carbocycles. The topological polar surface area (TPSA) is 100 Å². The summed E-state index contributed by atoms with van der Waals surface area (Å²) in [5, 5.41) is 11.0. The van der Waals surface area contributed by atoms with Gasteiger partial charge in [-0.25, -0.2) is 9.79 Å². The van der Waals surface area contributed by atoms with E-state index in [0.29, 0.717) is 33.7 Å². The number of esters is 1. The summed E-state index contributed by atoms with van der Waals surface area (Å²) in [7, 11) is 0. The molecule has 0 unspecified atom stereocenters. The number of nitro benzene ring substituents is 1. The van der Waals surface area contributed by atoms with Gasteiger partial charge in [0.2, 0.25) is 5.90 Å². The third-order valence-electron chi connectivity index (χ3n) is 5.14. The maximum Gasteiger partial charge on any atom is 0.363 e. The fourth-order valence-electron chi connectivity index (χ4n) is 3.48. The second-order valence-corrected chi connectivity index (χ2v) is 8.48. The first-order chi connectivity index (χ1) is 16.9. The smallest absolute Gasteiger partial charge is 0.363 e. The van der Waals surface area contributed by atoms with Gasteiger partial charge in [0.15, 0.2) is 17.2 Å². The number of non-ortho nitro benzene ring substituents is 1. The summed E-state index contributed by atoms with van der Waals surface area (Å²) in [5.41, 5.74) is 3.17. The minimum absolute atomic E-state index is 0.00811. The first-order valence-electron chi connectivity index (χ1n) is 10.8. The number of nitrogens with zero attached hydrogens (tertiary/aromatic N) is 2. The third-order valence-corrected chi connectivity index (χ3v) is 5.72. The quantitative estimate of drug-likeness (QED) is 0.152. The van der Waals surface area contributed by atoms with Crippen LogP contribution in [0, 0.1) is 17.0 Å². The number of nitro groups is 1. The molecule has 0 aromatic heterocycles. The van der Waals surface area contributed by atoms with Crippen LogP contribution in [0.25, 0.3) is 6.08 Å². The predicted octanol–water partition coefficient (Wildman–Crippen LogP) is 5.99. The number of aliphatic imine (C=N–C) groups is 1. The maximum absolute atomic E-state index is 12.5. The number of cyclic esters (lactones) is 1. The van der Waals surface area contributed by atoms with Gasteiger partial charge in [-0.05, 0) is 70.7 Å². The molecule has 0 aliphatic carbocycles. The van der Waals surface area contributed by atoms with E-state index in [-0.39, 0.29) is 23.9 Å². The molecule has 0 amide bonds. The standard InChI is InChI=1S/C26H21BrN2O6/c1-3-33-23-14-18(13-22-26(30)35-25(28-22)20-10-5-4-7-16(20)2)12-21(27)24(23)34-15-17-8-6-9-19(11-17)29(31)32/h4-14H,3,15H2,1-2H3/b22-13-. The van der Waals surface area contributed by atoms with Gasteiger partial charge >= 0.3 is 5.97 Å². The van der Waals surface area contributed by atoms with Crippen molar-refractivity contribution in [1.82, 2.24) is 0 Å². The van der Waals surface area contributed by atoms with Crippen molar-refractivity contribution in [1.29, 1.82) is 0 Å². The molecule has 0 radical (unpaired) electrons. The molecular formula is C26H21BrN2O6. The van der Waals surface area contributed by atoms with E-state index >= 15 is 0 Å². The number of hydrogen-bond donors (Lipinski definition) is 0. The number of ether oxygens (including phenoxy) is 3. The summed E-state index contributed by atoms with van der Waals surface area (Å²) < 4.78 is 17.7. The van der Waals surface area contributed by atoms with Crippen LogP contribution in [0.2, 0.25) is 0 Å². The Morgan fingerprint density at radius 3 is 2.66 bits per heavy atom. The Bertz CT molecular complexity index is 1370. The number of rotatable bonds is 8. The number of aryl methyl sites for hydroxylation is 1. The maximum atomic E-state index is 12.5. The van der Waals surface area contributed by atoms with Gasteiger partial charge < -0.3 is 14.2 Å². The van der Waals surface area contributed by atoms with Crippen LogP contribution in [-0.2, 0) is 16.1 Å². The molecule has 0 atom stereocenters. The van der Waals surface area contributed by atoms with E-state index < -0.39 is 10.9 Å². The second kappa shape index (κ2) is 10.5. The number of benzene rings is 3. The zero-order valence-electron chi connectivity index (χ0n) is 19.0. The highest BCUT2D eigenvalue weighted by Gasteiger charge is 2.25. The number of hydrogen-bond acceptors (Lipinski definition) is 7. The van der Waals surface area contributed by atoms with Crippen molar-refractivity contribution >= 4 is 39.6 Å². The molecule has 4 rings (SSSR count). The Morgan fingerprint density at radius 1 is 1.11 bits per heavy atom. The van der Waals surface area contributed by atoms with Gasteiger partial charge in [0, 0.05) is 17.7 Å². The van der Waals surface area contributed by atoms with Crippen molar-refractivity contribution in [3.8, 4) is 11.5 Å². The van der Waals surface area contributed by atoms with Crippen molar-refractivity contribution in [2.45, 2.75) is 20.5 Å². The van der Waals surface area contributed by atoms with E-state index in [1.54, 1.807) is 30.3 Å². The Labute approximate surface area is 210 Å². The zero-order chi connectivity index (χ0) is 24.9. The van der Waals surface area contributed by atoms with Crippen LogP contribution in [0.1, 0.15) is 29.2 Å². The molecule has 8 nitrogen and oxygen atoms in total. The monoisotopic (exact) mass is 536 g/mol. The van der Waals surface area contributed by atoms with E-state index in [9.17, 15) is 14.9 Å². The highest BCUT2D eigenvalue weighted by atomic mass is 79.9. The van der Waals surface area contributed by atoms with Gasteiger partial charge in [0.25, 0.3) is 5.69 Å². The van der Waals surface area contributed by atoms with Crippen LogP contribution in [0.4, 0.5) is 5.69 Å². The average molecular weight is 537 g/mol. The molecule has 0 bridgehead atoms. The van der Waals surface area contributed by atoms with Crippen LogP contribution in [0.3, 0.4) is 0 Å². The molecule has 35 heavy (non-hydrogen) atoms. The molecule has 178 valence electrons. The van der Waals surface area contributed by atoms with Gasteiger partial charge in [-0.2, -0.15) is 0 Å². The summed E-state index contributed by atoms with van der Waals surface area (Å²) in [5.74, 6) is 0.621. The molecule has 0 N–H and O–H groups in total. The number of halogens is 1. The molecular weight excluding hydrogens is 516 g/mol. The fraction of sp³-hybridized carbons (Fsp3) is 0.154. The number of carbonyl (C=O) groups excluding carboxylic acids is 1. The van der Waals surface area contributed by atoms with Crippen molar-refractivity contribution in [2.24, 2.45) is 4.99 Å². The lowest BCUT2D eigenvalue weighted by atomic mass is 10.1. The SMILES string of the molecule is CCOc1cc(/C=C2\N=C(c3ccccc3C)OC2=O)cc(Br)c1OCc1cccc([N+](=O)[O-])c1. The fourth-order valence-corrected chi connectivity index (χ4v) is 4.06. The van der Waals surface area contributed by atoms with Crippen molar-refractivity contribution in [2.75, 3.05) is 6.61 Å². The van der Waals surface area contributed by atoms with Crippen LogP contribution in [0.15, 0.2) is 75.8 Å². The van der Waals surface area contributed by atoms with E-state index in [4.69, 9.17) is 14.2 Å². The summed E-state index contributed by atoms with van der Waals surface area (Å²) in [6.07, 6.45) is 1.62. The number of carbonyl (C=O) groups is 1. The molecule has 0 spiro atoms. The second-order valence-electron chi connectivity index (χ2n) is 7.63. The van der Waals surface area contributed by atoms with Gasteiger partial charge in [-0.3, -0.25) is 10.1 Å². The predicted molar refractivity (Wildman–Crippen MR) is 135 cm³/mol.